The summed E-state index contributed by atoms with van der Waals surface area (Å²) in [5.41, 5.74) is 0. The van der Waals surface area contributed by atoms with Crippen LogP contribution < -0.4 is 4.90 Å². The Balaban J connectivity index is 1.54. The number of rotatable bonds is 2. The highest BCUT2D eigenvalue weighted by Gasteiger charge is 2.29. The fourth-order valence-electron chi connectivity index (χ4n) is 2.95. The van der Waals surface area contributed by atoms with E-state index in [1.165, 1.54) is 0 Å². The molecule has 1 aromatic rings. The Morgan fingerprint density at radius 3 is 2.52 bits per heavy atom. The molecule has 1 aromatic heterocycles. The zero-order chi connectivity index (χ0) is 14.7. The Kier molecular flexibility index (Phi) is 5.06. The van der Waals surface area contributed by atoms with E-state index in [1.807, 2.05) is 30.1 Å². The van der Waals surface area contributed by atoms with E-state index < -0.39 is 0 Å². The van der Waals surface area contributed by atoms with Crippen molar-refractivity contribution in [1.29, 1.82) is 0 Å². The van der Waals surface area contributed by atoms with Gasteiger partial charge in [0.25, 0.3) is 0 Å². The number of pyridine rings is 1. The molecule has 0 N–H and O–H groups in total. The summed E-state index contributed by atoms with van der Waals surface area (Å²) in [4.78, 5) is 21.3. The molecule has 0 spiro atoms. The van der Waals surface area contributed by atoms with E-state index in [4.69, 9.17) is 0 Å². The van der Waals surface area contributed by atoms with E-state index in [0.717, 1.165) is 60.8 Å². The Hall–Kier alpha value is -0.750. The van der Waals surface area contributed by atoms with Crippen LogP contribution in [0.3, 0.4) is 0 Å². The molecular weight excluding hydrogens is 350 g/mol. The van der Waals surface area contributed by atoms with Gasteiger partial charge in [-0.2, -0.15) is 11.8 Å². The lowest BCUT2D eigenvalue weighted by molar-refractivity contribution is -0.135. The van der Waals surface area contributed by atoms with Crippen molar-refractivity contribution in [1.82, 2.24) is 9.88 Å². The average Bonchev–Trinajstić information content (AvgIpc) is 2.56. The fourth-order valence-corrected chi connectivity index (χ4v) is 4.09. The summed E-state index contributed by atoms with van der Waals surface area (Å²) in [5.74, 6) is 3.78. The first-order valence-electron chi connectivity index (χ1n) is 7.47. The van der Waals surface area contributed by atoms with Crippen LogP contribution in [0.25, 0.3) is 0 Å². The third-order valence-electron chi connectivity index (χ3n) is 4.20. The van der Waals surface area contributed by atoms with Crippen molar-refractivity contribution in [3.8, 4) is 0 Å². The third kappa shape index (κ3) is 3.72. The summed E-state index contributed by atoms with van der Waals surface area (Å²) in [6.45, 7) is 3.71. The van der Waals surface area contributed by atoms with Crippen molar-refractivity contribution in [3.05, 3.63) is 22.8 Å². The molecule has 0 unspecified atom stereocenters. The second-order valence-electron chi connectivity index (χ2n) is 5.53. The van der Waals surface area contributed by atoms with E-state index in [9.17, 15) is 4.79 Å². The minimum Gasteiger partial charge on any atom is -0.357 e. The minimum absolute atomic E-state index is 0.208. The summed E-state index contributed by atoms with van der Waals surface area (Å²) >= 11 is 5.36. The van der Waals surface area contributed by atoms with Crippen LogP contribution in [0.15, 0.2) is 22.8 Å². The summed E-state index contributed by atoms with van der Waals surface area (Å²) in [6.07, 6.45) is 3.72. The van der Waals surface area contributed by atoms with E-state index >= 15 is 0 Å². The molecule has 0 atom stereocenters. The smallest absolute Gasteiger partial charge is 0.225 e. The zero-order valence-corrected chi connectivity index (χ0v) is 14.4. The molecule has 21 heavy (non-hydrogen) atoms. The quantitative estimate of drug-likeness (QED) is 0.802. The third-order valence-corrected chi connectivity index (χ3v) is 5.61. The Bertz CT molecular complexity index is 482. The van der Waals surface area contributed by atoms with Crippen LogP contribution in [0.2, 0.25) is 0 Å². The van der Waals surface area contributed by atoms with Gasteiger partial charge in [-0.25, -0.2) is 4.98 Å². The van der Waals surface area contributed by atoms with Gasteiger partial charge in [0.2, 0.25) is 5.91 Å². The van der Waals surface area contributed by atoms with Gasteiger partial charge in [0.15, 0.2) is 0 Å². The van der Waals surface area contributed by atoms with Crippen LogP contribution in [0.5, 0.6) is 0 Å². The van der Waals surface area contributed by atoms with E-state index in [0.29, 0.717) is 5.91 Å². The Morgan fingerprint density at radius 2 is 1.90 bits per heavy atom. The monoisotopic (exact) mass is 369 g/mol. The molecule has 6 heteroatoms. The molecule has 2 aliphatic rings. The summed E-state index contributed by atoms with van der Waals surface area (Å²) in [5, 5.41) is 0. The number of anilines is 1. The minimum atomic E-state index is 0.208. The molecular formula is C15H20BrN3OS. The van der Waals surface area contributed by atoms with Crippen molar-refractivity contribution in [2.75, 3.05) is 42.6 Å². The number of hydrogen-bond donors (Lipinski definition) is 0. The van der Waals surface area contributed by atoms with Crippen LogP contribution in [0.1, 0.15) is 12.8 Å². The first-order valence-corrected chi connectivity index (χ1v) is 9.42. The van der Waals surface area contributed by atoms with Gasteiger partial charge in [-0.15, -0.1) is 0 Å². The normalized spacial score (nSPS) is 20.6. The van der Waals surface area contributed by atoms with Crippen molar-refractivity contribution in [2.45, 2.75) is 12.8 Å². The molecule has 2 aliphatic heterocycles. The Labute approximate surface area is 138 Å². The summed E-state index contributed by atoms with van der Waals surface area (Å²) < 4.78 is 0.999. The van der Waals surface area contributed by atoms with Crippen LogP contribution >= 0.6 is 27.7 Å². The van der Waals surface area contributed by atoms with Crippen molar-refractivity contribution in [3.63, 3.8) is 0 Å². The second kappa shape index (κ2) is 7.01. The highest BCUT2D eigenvalue weighted by Crippen LogP contribution is 2.25. The number of amides is 1. The average molecular weight is 370 g/mol. The van der Waals surface area contributed by atoms with Crippen molar-refractivity contribution >= 4 is 39.4 Å². The van der Waals surface area contributed by atoms with Crippen molar-refractivity contribution in [2.24, 2.45) is 5.92 Å². The molecule has 1 amide bonds. The highest BCUT2D eigenvalue weighted by molar-refractivity contribution is 9.10. The molecule has 0 bridgehead atoms. The van der Waals surface area contributed by atoms with Gasteiger partial charge in [0.05, 0.1) is 0 Å². The van der Waals surface area contributed by atoms with E-state index in [2.05, 4.69) is 30.7 Å². The first-order chi connectivity index (χ1) is 10.2. The Morgan fingerprint density at radius 1 is 1.19 bits per heavy atom. The maximum absolute atomic E-state index is 12.5. The van der Waals surface area contributed by atoms with E-state index in [-0.39, 0.29) is 5.92 Å². The number of thioether (sulfide) groups is 1. The van der Waals surface area contributed by atoms with Gasteiger partial charge in [0.1, 0.15) is 5.82 Å². The largest absolute Gasteiger partial charge is 0.357 e. The fraction of sp³-hybridized carbons (Fsp3) is 0.600. The zero-order valence-electron chi connectivity index (χ0n) is 12.0. The molecule has 114 valence electrons. The number of carbonyl (C=O) groups is 1. The van der Waals surface area contributed by atoms with Gasteiger partial charge < -0.3 is 9.80 Å². The van der Waals surface area contributed by atoms with Crippen LogP contribution in [0.4, 0.5) is 5.82 Å². The van der Waals surface area contributed by atoms with Crippen molar-refractivity contribution < 1.29 is 4.79 Å². The SMILES string of the molecule is O=C(C1CCN(c2ccc(Br)cn2)CC1)N1CCSCC1. The van der Waals surface area contributed by atoms with Crippen LogP contribution in [-0.2, 0) is 4.79 Å². The number of nitrogens with zero attached hydrogens (tertiary/aromatic N) is 3. The number of halogens is 1. The molecule has 0 saturated carbocycles. The van der Waals surface area contributed by atoms with Crippen LogP contribution in [-0.4, -0.2) is 53.5 Å². The van der Waals surface area contributed by atoms with Gasteiger partial charge in [-0.1, -0.05) is 0 Å². The van der Waals surface area contributed by atoms with Crippen LogP contribution in [0, 0.1) is 5.92 Å². The number of carbonyl (C=O) groups excluding carboxylic acids is 1. The molecule has 2 saturated heterocycles. The standard InChI is InChI=1S/C15H20BrN3OS/c16-13-1-2-14(17-11-13)18-5-3-12(4-6-18)15(20)19-7-9-21-10-8-19/h1-2,11-12H,3-10H2. The van der Waals surface area contributed by atoms with Gasteiger partial charge in [-0.3, -0.25) is 4.79 Å². The predicted molar refractivity (Wildman–Crippen MR) is 90.8 cm³/mol. The molecule has 2 fully saturated rings. The highest BCUT2D eigenvalue weighted by atomic mass is 79.9. The lowest BCUT2D eigenvalue weighted by Gasteiger charge is -2.35. The number of aromatic nitrogens is 1. The summed E-state index contributed by atoms with van der Waals surface area (Å²) in [6, 6.07) is 4.05. The number of hydrogen-bond acceptors (Lipinski definition) is 4. The maximum Gasteiger partial charge on any atom is 0.225 e. The van der Waals surface area contributed by atoms with Gasteiger partial charge in [0, 0.05) is 54.3 Å². The topological polar surface area (TPSA) is 36.4 Å². The maximum atomic E-state index is 12.5. The first kappa shape index (κ1) is 15.2. The summed E-state index contributed by atoms with van der Waals surface area (Å²) in [7, 11) is 0. The molecule has 0 aliphatic carbocycles. The number of piperidine rings is 1. The van der Waals surface area contributed by atoms with Gasteiger partial charge >= 0.3 is 0 Å². The predicted octanol–water partition coefficient (Wildman–Crippen LogP) is 2.64. The van der Waals surface area contributed by atoms with Gasteiger partial charge in [-0.05, 0) is 40.9 Å². The molecule has 0 radical (unpaired) electrons. The lowest BCUT2D eigenvalue weighted by atomic mass is 9.95. The molecule has 4 nitrogen and oxygen atoms in total. The molecule has 0 aromatic carbocycles. The lowest BCUT2D eigenvalue weighted by Crippen LogP contribution is -2.45. The second-order valence-corrected chi connectivity index (χ2v) is 7.67. The van der Waals surface area contributed by atoms with E-state index in [1.54, 1.807) is 0 Å². The molecule has 3 heterocycles. The molecule has 3 rings (SSSR count).